The number of imidazole rings is 1. The predicted octanol–water partition coefficient (Wildman–Crippen LogP) is 4.08. The zero-order valence-electron chi connectivity index (χ0n) is 20.8. The van der Waals surface area contributed by atoms with Gasteiger partial charge >= 0.3 is 0 Å². The number of nitrogens with zero attached hydrogens (tertiary/aromatic N) is 3. The number of unbranched alkanes of at least 4 members (excludes halogenated alkanes) is 1. The van der Waals surface area contributed by atoms with E-state index in [4.69, 9.17) is 15.5 Å². The summed E-state index contributed by atoms with van der Waals surface area (Å²) in [6.45, 7) is 3.94. The molecular weight excluding hydrogens is 585 g/mol. The summed E-state index contributed by atoms with van der Waals surface area (Å²) in [6.07, 6.45) is 3.43. The minimum Gasteiger partial charge on any atom is -0.504 e. The predicted molar refractivity (Wildman–Crippen MR) is 153 cm³/mol. The fourth-order valence-electron chi connectivity index (χ4n) is 4.33. The lowest BCUT2D eigenvalue weighted by Crippen LogP contribution is -2.28. The molecular formula is C27H32IN5O4. The van der Waals surface area contributed by atoms with Crippen LogP contribution in [0.1, 0.15) is 36.7 Å². The lowest BCUT2D eigenvalue weighted by atomic mass is 10.1. The summed E-state index contributed by atoms with van der Waals surface area (Å²) in [5.74, 6) is 0.943. The zero-order chi connectivity index (χ0) is 26.4. The van der Waals surface area contributed by atoms with Gasteiger partial charge in [0.05, 0.1) is 35.2 Å². The SMILES string of the molecule is CCCCc1nc2c(N)nc3ccc(CCOCCNC(=O)CI)cc3c2n1Cc1cccc(O)c1O. The summed E-state index contributed by atoms with van der Waals surface area (Å²) in [6, 6.07) is 11.0. The number of rotatable bonds is 12. The van der Waals surface area contributed by atoms with Gasteiger partial charge < -0.3 is 30.6 Å². The van der Waals surface area contributed by atoms with E-state index < -0.39 is 0 Å². The van der Waals surface area contributed by atoms with E-state index in [1.165, 1.54) is 6.07 Å². The molecule has 2 aromatic carbocycles. The number of halogens is 1. The van der Waals surface area contributed by atoms with Crippen LogP contribution in [-0.2, 0) is 28.9 Å². The van der Waals surface area contributed by atoms with Crippen LogP contribution >= 0.6 is 22.6 Å². The third-order valence-electron chi connectivity index (χ3n) is 6.25. The molecule has 0 atom stereocenters. The van der Waals surface area contributed by atoms with Gasteiger partial charge in [0.25, 0.3) is 0 Å². The first-order valence-electron chi connectivity index (χ1n) is 12.4. The molecule has 0 aliphatic heterocycles. The minimum atomic E-state index is -0.154. The summed E-state index contributed by atoms with van der Waals surface area (Å²) in [5.41, 5.74) is 10.3. The number of anilines is 1. The number of amides is 1. The van der Waals surface area contributed by atoms with E-state index in [0.717, 1.165) is 47.1 Å². The van der Waals surface area contributed by atoms with Crippen molar-refractivity contribution in [2.75, 3.05) is 29.9 Å². The number of fused-ring (bicyclic) bond motifs is 3. The number of ether oxygens (including phenoxy) is 1. The zero-order valence-corrected chi connectivity index (χ0v) is 23.0. The van der Waals surface area contributed by atoms with E-state index in [-0.39, 0.29) is 17.4 Å². The second-order valence-corrected chi connectivity index (χ2v) is 9.66. The van der Waals surface area contributed by atoms with Gasteiger partial charge in [0.1, 0.15) is 11.3 Å². The molecule has 196 valence electrons. The Hall–Kier alpha value is -3.12. The van der Waals surface area contributed by atoms with E-state index in [0.29, 0.717) is 54.0 Å². The maximum Gasteiger partial charge on any atom is 0.229 e. The largest absolute Gasteiger partial charge is 0.504 e. The highest BCUT2D eigenvalue weighted by atomic mass is 127. The van der Waals surface area contributed by atoms with Crippen LogP contribution in [0.4, 0.5) is 5.82 Å². The Labute approximate surface area is 229 Å². The molecule has 5 N–H and O–H groups in total. The molecule has 0 unspecified atom stereocenters. The van der Waals surface area contributed by atoms with E-state index in [9.17, 15) is 15.0 Å². The lowest BCUT2D eigenvalue weighted by Gasteiger charge is -2.13. The number of aromatic hydroxyl groups is 2. The van der Waals surface area contributed by atoms with Crippen LogP contribution in [0.2, 0.25) is 0 Å². The number of aromatic nitrogens is 3. The van der Waals surface area contributed by atoms with Crippen molar-refractivity contribution in [3.05, 3.63) is 53.3 Å². The fraction of sp³-hybridized carbons (Fsp3) is 0.370. The number of benzene rings is 2. The quantitative estimate of drug-likeness (QED) is 0.0815. The average Bonchev–Trinajstić information content (AvgIpc) is 3.26. The van der Waals surface area contributed by atoms with Gasteiger partial charge in [0, 0.05) is 23.9 Å². The molecule has 0 bridgehead atoms. The highest BCUT2D eigenvalue weighted by Crippen LogP contribution is 2.34. The lowest BCUT2D eigenvalue weighted by molar-refractivity contribution is -0.118. The van der Waals surface area contributed by atoms with Gasteiger partial charge in [-0.3, -0.25) is 4.79 Å². The highest BCUT2D eigenvalue weighted by molar-refractivity contribution is 14.1. The highest BCUT2D eigenvalue weighted by Gasteiger charge is 2.19. The number of phenols is 2. The first-order valence-corrected chi connectivity index (χ1v) is 13.9. The first kappa shape index (κ1) is 26.9. The second-order valence-electron chi connectivity index (χ2n) is 8.89. The molecule has 10 heteroatoms. The molecule has 1 amide bonds. The van der Waals surface area contributed by atoms with Crippen molar-refractivity contribution in [1.29, 1.82) is 0 Å². The molecule has 0 saturated heterocycles. The Balaban J connectivity index is 1.68. The van der Waals surface area contributed by atoms with Crippen molar-refractivity contribution >= 4 is 56.3 Å². The molecule has 0 aliphatic carbocycles. The Kier molecular flexibility index (Phi) is 9.04. The van der Waals surface area contributed by atoms with Crippen LogP contribution in [0.5, 0.6) is 11.5 Å². The summed E-state index contributed by atoms with van der Waals surface area (Å²) in [5, 5.41) is 24.3. The summed E-state index contributed by atoms with van der Waals surface area (Å²) in [7, 11) is 0. The number of nitrogens with two attached hydrogens (primary N) is 1. The number of pyridine rings is 1. The van der Waals surface area contributed by atoms with Crippen LogP contribution in [0.15, 0.2) is 36.4 Å². The van der Waals surface area contributed by atoms with Gasteiger partial charge in [-0.2, -0.15) is 0 Å². The Morgan fingerprint density at radius 2 is 2.00 bits per heavy atom. The normalized spacial score (nSPS) is 11.4. The van der Waals surface area contributed by atoms with Crippen molar-refractivity contribution in [3.63, 3.8) is 0 Å². The third-order valence-corrected chi connectivity index (χ3v) is 6.94. The minimum absolute atomic E-state index is 0.00321. The van der Waals surface area contributed by atoms with Crippen molar-refractivity contribution in [1.82, 2.24) is 19.9 Å². The molecule has 0 spiro atoms. The fourth-order valence-corrected chi connectivity index (χ4v) is 4.60. The van der Waals surface area contributed by atoms with Gasteiger partial charge in [-0.25, -0.2) is 9.97 Å². The van der Waals surface area contributed by atoms with Crippen LogP contribution in [0, 0.1) is 0 Å². The Morgan fingerprint density at radius 3 is 2.78 bits per heavy atom. The number of alkyl halides is 1. The number of carbonyl (C=O) groups is 1. The number of nitrogens with one attached hydrogen (secondary N) is 1. The topological polar surface area (TPSA) is 136 Å². The number of hydrogen-bond donors (Lipinski definition) is 4. The number of hydrogen-bond acceptors (Lipinski definition) is 7. The van der Waals surface area contributed by atoms with Crippen molar-refractivity contribution in [3.8, 4) is 11.5 Å². The number of nitrogen functional groups attached to an aromatic ring is 1. The van der Waals surface area contributed by atoms with Crippen LogP contribution in [0.25, 0.3) is 21.9 Å². The molecule has 0 radical (unpaired) electrons. The molecule has 4 aromatic rings. The first-order chi connectivity index (χ1) is 17.9. The molecule has 0 fully saturated rings. The average molecular weight is 617 g/mol. The maximum absolute atomic E-state index is 11.3. The molecule has 2 heterocycles. The number of para-hydroxylation sites is 1. The smallest absolute Gasteiger partial charge is 0.229 e. The summed E-state index contributed by atoms with van der Waals surface area (Å²) in [4.78, 5) is 20.8. The van der Waals surface area contributed by atoms with E-state index in [2.05, 4.69) is 27.9 Å². The van der Waals surface area contributed by atoms with Crippen LogP contribution in [-0.4, -0.2) is 54.8 Å². The van der Waals surface area contributed by atoms with Crippen molar-refractivity contribution < 1.29 is 19.7 Å². The molecule has 4 rings (SSSR count). The molecule has 0 aliphatic rings. The monoisotopic (exact) mass is 617 g/mol. The van der Waals surface area contributed by atoms with E-state index in [1.54, 1.807) is 12.1 Å². The third kappa shape index (κ3) is 6.24. The molecule has 0 saturated carbocycles. The van der Waals surface area contributed by atoms with Gasteiger partial charge in [-0.1, -0.05) is 54.1 Å². The van der Waals surface area contributed by atoms with Gasteiger partial charge in [-0.15, -0.1) is 0 Å². The molecule has 37 heavy (non-hydrogen) atoms. The molecule has 9 nitrogen and oxygen atoms in total. The molecule has 2 aromatic heterocycles. The van der Waals surface area contributed by atoms with E-state index >= 15 is 0 Å². The van der Waals surface area contributed by atoms with Crippen molar-refractivity contribution in [2.45, 2.75) is 39.2 Å². The number of aryl methyl sites for hydroxylation is 1. The van der Waals surface area contributed by atoms with Crippen LogP contribution < -0.4 is 11.1 Å². The Bertz CT molecular complexity index is 1410. The van der Waals surface area contributed by atoms with Gasteiger partial charge in [-0.05, 0) is 36.6 Å². The standard InChI is InChI=1S/C27H32IN5O4/c1-2-3-7-22-32-24-25(33(22)16-18-5-4-6-21(34)26(18)36)19-14-17(8-9-20(19)31-27(24)29)10-12-37-13-11-30-23(35)15-28/h4-6,8-9,14,34,36H,2-3,7,10-13,15-16H2,1H3,(H2,29,31)(H,30,35). The second kappa shape index (κ2) is 12.4. The number of carbonyl (C=O) groups excluding carboxylic acids is 1. The maximum atomic E-state index is 11.3. The van der Waals surface area contributed by atoms with Gasteiger partial charge in [0.2, 0.25) is 5.91 Å². The van der Waals surface area contributed by atoms with E-state index in [1.807, 2.05) is 34.7 Å². The van der Waals surface area contributed by atoms with Gasteiger partial charge in [0.15, 0.2) is 17.3 Å². The Morgan fingerprint density at radius 1 is 1.16 bits per heavy atom. The summed E-state index contributed by atoms with van der Waals surface area (Å²) < 4.78 is 8.22. The van der Waals surface area contributed by atoms with Crippen molar-refractivity contribution in [2.24, 2.45) is 0 Å². The summed E-state index contributed by atoms with van der Waals surface area (Å²) >= 11 is 2.03. The van der Waals surface area contributed by atoms with Crippen LogP contribution in [0.3, 0.4) is 0 Å². The number of phenolic OH excluding ortho intramolecular Hbond substituents is 2.